The maximum absolute atomic E-state index is 12.6. The summed E-state index contributed by atoms with van der Waals surface area (Å²) in [6.07, 6.45) is -1.24. The predicted octanol–water partition coefficient (Wildman–Crippen LogP) is 3.27. The summed E-state index contributed by atoms with van der Waals surface area (Å²) in [5, 5.41) is 19.6. The zero-order valence-corrected chi connectivity index (χ0v) is 16.2. The summed E-state index contributed by atoms with van der Waals surface area (Å²) >= 11 is 16.0. The number of benzene rings is 1. The van der Waals surface area contributed by atoms with E-state index in [-0.39, 0.29) is 34.8 Å². The molecule has 25 heavy (non-hydrogen) atoms. The number of fused-ring (bicyclic) bond motifs is 3. The van der Waals surface area contributed by atoms with Gasteiger partial charge in [-0.25, -0.2) is 4.79 Å². The van der Waals surface area contributed by atoms with Crippen LogP contribution in [0.15, 0.2) is 10.5 Å². The normalized spacial score (nSPS) is 14.1. The number of aliphatic hydroxyl groups excluding tert-OH is 1. The molecule has 3 rings (SSSR count). The zero-order valence-electron chi connectivity index (χ0n) is 13.1. The van der Waals surface area contributed by atoms with Crippen molar-refractivity contribution < 1.29 is 19.8 Å². The van der Waals surface area contributed by atoms with E-state index in [1.165, 1.54) is 6.07 Å². The molecule has 0 saturated carbocycles. The first-order valence-corrected chi connectivity index (χ1v) is 8.91. The Morgan fingerprint density at radius 2 is 2.08 bits per heavy atom. The SMILES string of the molecule is CN1CCn2c(c(Br)c3c(N(CCO)C(=O)O)cc(Cl)c(Cl)c32)C1=O. The molecule has 0 spiro atoms. The van der Waals surface area contributed by atoms with Gasteiger partial charge in [0.1, 0.15) is 5.69 Å². The number of aliphatic hydroxyl groups is 1. The minimum absolute atomic E-state index is 0.136. The highest BCUT2D eigenvalue weighted by Crippen LogP contribution is 2.45. The van der Waals surface area contributed by atoms with Gasteiger partial charge in [-0.3, -0.25) is 9.69 Å². The molecule has 0 aliphatic carbocycles. The van der Waals surface area contributed by atoms with E-state index in [0.717, 1.165) is 4.90 Å². The second-order valence-corrected chi connectivity index (χ2v) is 7.19. The summed E-state index contributed by atoms with van der Waals surface area (Å²) in [6.45, 7) is 0.510. The molecule has 0 unspecified atom stereocenters. The first kappa shape index (κ1) is 18.3. The first-order chi connectivity index (χ1) is 11.8. The molecular weight excluding hydrogens is 437 g/mol. The van der Waals surface area contributed by atoms with Crippen molar-refractivity contribution in [1.82, 2.24) is 9.47 Å². The van der Waals surface area contributed by atoms with Crippen LogP contribution in [0.25, 0.3) is 10.9 Å². The summed E-state index contributed by atoms with van der Waals surface area (Å²) in [4.78, 5) is 26.8. The minimum Gasteiger partial charge on any atom is -0.465 e. The van der Waals surface area contributed by atoms with Gasteiger partial charge in [-0.2, -0.15) is 0 Å². The van der Waals surface area contributed by atoms with Crippen LogP contribution < -0.4 is 4.90 Å². The predicted molar refractivity (Wildman–Crippen MR) is 99.1 cm³/mol. The smallest absolute Gasteiger partial charge is 0.411 e. The van der Waals surface area contributed by atoms with E-state index in [0.29, 0.717) is 34.2 Å². The van der Waals surface area contributed by atoms with Crippen molar-refractivity contribution in [3.63, 3.8) is 0 Å². The molecule has 1 aromatic heterocycles. The van der Waals surface area contributed by atoms with Crippen molar-refractivity contribution in [1.29, 1.82) is 0 Å². The van der Waals surface area contributed by atoms with Crippen LogP contribution in [0.1, 0.15) is 10.5 Å². The monoisotopic (exact) mass is 449 g/mol. The maximum atomic E-state index is 12.6. The number of carbonyl (C=O) groups excluding carboxylic acids is 1. The lowest BCUT2D eigenvalue weighted by atomic mass is 10.2. The van der Waals surface area contributed by atoms with Gasteiger partial charge in [-0.05, 0) is 22.0 Å². The summed E-state index contributed by atoms with van der Waals surface area (Å²) in [5.41, 5.74) is 1.15. The number of anilines is 1. The van der Waals surface area contributed by atoms with Crippen LogP contribution in [0.3, 0.4) is 0 Å². The summed E-state index contributed by atoms with van der Waals surface area (Å²) in [7, 11) is 1.70. The first-order valence-electron chi connectivity index (χ1n) is 7.36. The molecule has 0 bridgehead atoms. The standard InChI is InChI=1S/C15H14BrCl2N3O4/c1-19-2-3-21-12-9(10(16)13(21)14(19)23)8(6-7(17)11(12)18)20(4-5-22)15(24)25/h6,22H,2-5H2,1H3,(H,24,25). The highest BCUT2D eigenvalue weighted by molar-refractivity contribution is 9.10. The van der Waals surface area contributed by atoms with E-state index in [2.05, 4.69) is 15.9 Å². The van der Waals surface area contributed by atoms with Crippen molar-refractivity contribution in [2.45, 2.75) is 6.54 Å². The Hall–Kier alpha value is -1.48. The number of carbonyl (C=O) groups is 2. The molecule has 2 heterocycles. The highest BCUT2D eigenvalue weighted by atomic mass is 79.9. The number of halogens is 3. The van der Waals surface area contributed by atoms with Crippen molar-refractivity contribution >= 4 is 67.7 Å². The Labute approximate surface area is 161 Å². The van der Waals surface area contributed by atoms with E-state index in [1.54, 1.807) is 16.5 Å². The van der Waals surface area contributed by atoms with Gasteiger partial charge in [0.2, 0.25) is 0 Å². The Balaban J connectivity index is 2.41. The molecule has 1 aromatic carbocycles. The lowest BCUT2D eigenvalue weighted by Crippen LogP contribution is -2.37. The molecular formula is C15H14BrCl2N3O4. The molecule has 0 fully saturated rings. The fraction of sp³-hybridized carbons (Fsp3) is 0.333. The number of carboxylic acid groups (broad SMARTS) is 1. The zero-order chi connectivity index (χ0) is 18.5. The van der Waals surface area contributed by atoms with E-state index < -0.39 is 6.09 Å². The summed E-state index contributed by atoms with van der Waals surface area (Å²) in [6, 6.07) is 1.43. The Morgan fingerprint density at radius 3 is 2.68 bits per heavy atom. The van der Waals surface area contributed by atoms with Crippen LogP contribution in [0, 0.1) is 0 Å². The van der Waals surface area contributed by atoms with Gasteiger partial charge >= 0.3 is 6.09 Å². The third-order valence-corrected chi connectivity index (χ3v) is 5.74. The van der Waals surface area contributed by atoms with Gasteiger partial charge in [-0.1, -0.05) is 23.2 Å². The Kier molecular flexibility index (Phi) is 4.89. The Bertz CT molecular complexity index is 899. The van der Waals surface area contributed by atoms with E-state index in [9.17, 15) is 19.8 Å². The van der Waals surface area contributed by atoms with Crippen LogP contribution in [0.4, 0.5) is 10.5 Å². The molecule has 2 amide bonds. The molecule has 2 N–H and O–H groups in total. The Morgan fingerprint density at radius 1 is 1.40 bits per heavy atom. The third kappa shape index (κ3) is 2.77. The van der Waals surface area contributed by atoms with Crippen LogP contribution in [0.5, 0.6) is 0 Å². The molecule has 0 radical (unpaired) electrons. The number of hydrogen-bond donors (Lipinski definition) is 2. The van der Waals surface area contributed by atoms with Crippen molar-refractivity contribution in [2.75, 3.05) is 31.6 Å². The number of amides is 2. The fourth-order valence-corrected chi connectivity index (χ4v) is 4.23. The van der Waals surface area contributed by atoms with Gasteiger partial charge < -0.3 is 19.7 Å². The van der Waals surface area contributed by atoms with Gasteiger partial charge in [-0.15, -0.1) is 0 Å². The number of rotatable bonds is 3. The lowest BCUT2D eigenvalue weighted by Gasteiger charge is -2.25. The number of likely N-dealkylation sites (N-methyl/N-ethyl adjacent to an activating group) is 1. The van der Waals surface area contributed by atoms with Crippen molar-refractivity contribution in [3.05, 3.63) is 26.3 Å². The second-order valence-electron chi connectivity index (χ2n) is 5.61. The van der Waals surface area contributed by atoms with E-state index >= 15 is 0 Å². The second kappa shape index (κ2) is 6.68. The van der Waals surface area contributed by atoms with Crippen LogP contribution in [-0.4, -0.2) is 58.4 Å². The molecule has 0 saturated heterocycles. The lowest BCUT2D eigenvalue weighted by molar-refractivity contribution is 0.0750. The fourth-order valence-electron chi connectivity index (χ4n) is 3.02. The molecule has 7 nitrogen and oxygen atoms in total. The molecule has 2 aromatic rings. The average molecular weight is 451 g/mol. The van der Waals surface area contributed by atoms with E-state index in [1.807, 2.05) is 0 Å². The largest absolute Gasteiger partial charge is 0.465 e. The van der Waals surface area contributed by atoms with Gasteiger partial charge in [0.25, 0.3) is 5.91 Å². The molecule has 10 heteroatoms. The molecule has 1 aliphatic rings. The van der Waals surface area contributed by atoms with Crippen LogP contribution >= 0.6 is 39.1 Å². The van der Waals surface area contributed by atoms with Crippen LogP contribution in [0.2, 0.25) is 10.0 Å². The van der Waals surface area contributed by atoms with Gasteiger partial charge in [0.15, 0.2) is 0 Å². The molecule has 1 aliphatic heterocycles. The van der Waals surface area contributed by atoms with Crippen molar-refractivity contribution in [2.24, 2.45) is 0 Å². The van der Waals surface area contributed by atoms with Crippen LogP contribution in [-0.2, 0) is 6.54 Å². The maximum Gasteiger partial charge on any atom is 0.411 e. The third-order valence-electron chi connectivity index (χ3n) is 4.19. The van der Waals surface area contributed by atoms with Gasteiger partial charge in [0, 0.05) is 25.5 Å². The average Bonchev–Trinajstić information content (AvgIpc) is 2.86. The summed E-state index contributed by atoms with van der Waals surface area (Å²) < 4.78 is 2.20. The topological polar surface area (TPSA) is 86.0 Å². The minimum atomic E-state index is -1.24. The number of aromatic nitrogens is 1. The van der Waals surface area contributed by atoms with Crippen molar-refractivity contribution in [3.8, 4) is 0 Å². The van der Waals surface area contributed by atoms with Gasteiger partial charge in [0.05, 0.1) is 38.9 Å². The molecule has 0 atom stereocenters. The number of nitrogens with zero attached hydrogens (tertiary/aromatic N) is 3. The van der Waals surface area contributed by atoms with E-state index in [4.69, 9.17) is 23.2 Å². The quantitative estimate of drug-likeness (QED) is 0.751. The number of hydrogen-bond acceptors (Lipinski definition) is 3. The molecule has 134 valence electrons. The summed E-state index contributed by atoms with van der Waals surface area (Å²) in [5.74, 6) is -0.198. The highest BCUT2D eigenvalue weighted by Gasteiger charge is 2.32.